The third-order valence-electron chi connectivity index (χ3n) is 9.45. The number of halogens is 2. The quantitative estimate of drug-likeness (QED) is 0.162. The Morgan fingerprint density at radius 2 is 1.85 bits per heavy atom. The molecule has 4 heterocycles. The van der Waals surface area contributed by atoms with Crippen LogP contribution < -0.4 is 15.6 Å². The summed E-state index contributed by atoms with van der Waals surface area (Å²) in [5, 5.41) is 9.45. The molecule has 0 saturated carbocycles. The van der Waals surface area contributed by atoms with Gasteiger partial charge in [-0.2, -0.15) is 5.10 Å². The molecule has 2 atom stereocenters. The number of fused-ring (bicyclic) bond motifs is 2. The number of carbonyl (C=O) groups excluding carboxylic acids is 1. The van der Waals surface area contributed by atoms with Gasteiger partial charge >= 0.3 is 0 Å². The van der Waals surface area contributed by atoms with Gasteiger partial charge in [-0.15, -0.1) is 0 Å². The lowest BCUT2D eigenvalue weighted by atomic mass is 9.99. The topological polar surface area (TPSA) is 102 Å². The highest BCUT2D eigenvalue weighted by Crippen LogP contribution is 2.46. The summed E-state index contributed by atoms with van der Waals surface area (Å²) in [6.07, 6.45) is 8.91. The molecule has 9 nitrogen and oxygen atoms in total. The van der Waals surface area contributed by atoms with E-state index in [2.05, 4.69) is 26.4 Å². The van der Waals surface area contributed by atoms with E-state index in [0.717, 1.165) is 73.0 Å². The molecule has 1 aliphatic heterocycles. The van der Waals surface area contributed by atoms with Gasteiger partial charge in [0.2, 0.25) is 5.88 Å². The molecule has 5 aromatic rings. The Kier molecular flexibility index (Phi) is 8.70. The number of anilines is 2. The fourth-order valence-electron chi connectivity index (χ4n) is 7.09. The third-order valence-corrected chi connectivity index (χ3v) is 10.3. The second kappa shape index (κ2) is 13.1. The number of ether oxygens (including phenoxy) is 1. The van der Waals surface area contributed by atoms with Crippen molar-refractivity contribution in [3.63, 3.8) is 0 Å². The fourth-order valence-corrected chi connectivity index (χ4v) is 7.69. The van der Waals surface area contributed by atoms with E-state index in [-0.39, 0.29) is 11.6 Å². The molecule has 240 valence electrons. The Bertz CT molecular complexity index is 2070. The molecule has 1 saturated heterocycles. The van der Waals surface area contributed by atoms with Crippen molar-refractivity contribution in [3.8, 4) is 28.3 Å². The summed E-state index contributed by atoms with van der Waals surface area (Å²) < 4.78 is 7.18. The minimum absolute atomic E-state index is 0.256. The van der Waals surface area contributed by atoms with Gasteiger partial charge in [0, 0.05) is 59.9 Å². The lowest BCUT2D eigenvalue weighted by molar-refractivity contribution is -0.108. The molecule has 3 aromatic heterocycles. The molecule has 47 heavy (non-hydrogen) atoms. The van der Waals surface area contributed by atoms with E-state index in [4.69, 9.17) is 32.9 Å². The summed E-state index contributed by atoms with van der Waals surface area (Å²) in [4.78, 5) is 35.8. The van der Waals surface area contributed by atoms with E-state index in [0.29, 0.717) is 50.5 Å². The Morgan fingerprint density at radius 1 is 1.06 bits per heavy atom. The Morgan fingerprint density at radius 3 is 2.66 bits per heavy atom. The van der Waals surface area contributed by atoms with Crippen LogP contribution in [0.4, 0.5) is 11.5 Å². The number of nitrogens with one attached hydrogen (secondary N) is 1. The van der Waals surface area contributed by atoms with Gasteiger partial charge in [-0.25, -0.2) is 14.6 Å². The molecule has 0 spiro atoms. The van der Waals surface area contributed by atoms with Crippen molar-refractivity contribution in [3.05, 3.63) is 92.5 Å². The molecular formula is C36H34Cl2N6O3. The number of methoxy groups -OCH3 is 1. The standard InChI is InChI=1S/C36H34Cl2N6O3/c1-43-36(46)31-23(19-40-43)13-15-39-34(31)41-27-10-4-8-25(33(27)38)24-7-3-9-26(32(24)37)28-18-22-11-12-29(30(22)35(42-28)47-2)44-16-14-21(20-44)6-5-17-45/h3-4,7-10,13,15,17-19,21,29H,5-6,11-12,14,16,20H2,1-2H3,(H,39,41)/t21?,29-/m1/s1. The van der Waals surface area contributed by atoms with Crippen molar-refractivity contribution in [2.24, 2.45) is 13.0 Å². The molecule has 0 radical (unpaired) electrons. The first-order chi connectivity index (χ1) is 22.9. The average Bonchev–Trinajstić information content (AvgIpc) is 3.73. The van der Waals surface area contributed by atoms with Crippen LogP contribution in [0.3, 0.4) is 0 Å². The first kappa shape index (κ1) is 31.3. The van der Waals surface area contributed by atoms with Crippen LogP contribution in [0.1, 0.15) is 42.9 Å². The van der Waals surface area contributed by atoms with Crippen LogP contribution in [-0.2, 0) is 18.3 Å². The minimum atomic E-state index is -0.260. The number of hydrogen-bond acceptors (Lipinski definition) is 8. The van der Waals surface area contributed by atoms with E-state index >= 15 is 0 Å². The van der Waals surface area contributed by atoms with E-state index in [9.17, 15) is 9.59 Å². The van der Waals surface area contributed by atoms with Crippen molar-refractivity contribution < 1.29 is 9.53 Å². The summed E-state index contributed by atoms with van der Waals surface area (Å²) in [6, 6.07) is 15.6. The number of aryl methyl sites for hydroxylation is 2. The number of likely N-dealkylation sites (tertiary alicyclic amines) is 1. The predicted octanol–water partition coefficient (Wildman–Crippen LogP) is 7.40. The average molecular weight is 670 g/mol. The lowest BCUT2D eigenvalue weighted by Gasteiger charge is -2.26. The molecule has 1 aliphatic carbocycles. The summed E-state index contributed by atoms with van der Waals surface area (Å²) in [6.45, 7) is 2.02. The van der Waals surface area contributed by atoms with Crippen LogP contribution in [0.25, 0.3) is 33.2 Å². The maximum Gasteiger partial charge on any atom is 0.278 e. The SMILES string of the molecule is COc1nc(-c2cccc(-c3cccc(Nc4nccc5cnn(C)c(=O)c45)c3Cl)c2Cl)cc2c1[C@H](N1CCC(CCC=O)C1)CC2. The summed E-state index contributed by atoms with van der Waals surface area (Å²) in [7, 11) is 3.28. The van der Waals surface area contributed by atoms with Gasteiger partial charge in [0.05, 0.1) is 40.1 Å². The smallest absolute Gasteiger partial charge is 0.278 e. The number of aromatic nitrogens is 4. The molecular weight excluding hydrogens is 635 g/mol. The molecule has 2 aliphatic rings. The van der Waals surface area contributed by atoms with Gasteiger partial charge in [-0.1, -0.05) is 53.5 Å². The fraction of sp³-hybridized carbons (Fsp3) is 0.306. The van der Waals surface area contributed by atoms with Crippen LogP contribution in [0.2, 0.25) is 10.0 Å². The van der Waals surface area contributed by atoms with Gasteiger partial charge in [-0.3, -0.25) is 9.69 Å². The molecule has 7 rings (SSSR count). The molecule has 2 aromatic carbocycles. The zero-order chi connectivity index (χ0) is 32.7. The van der Waals surface area contributed by atoms with Gasteiger partial charge < -0.3 is 14.8 Å². The molecule has 1 N–H and O–H groups in total. The normalized spacial score (nSPS) is 17.6. The summed E-state index contributed by atoms with van der Waals surface area (Å²) in [5.74, 6) is 1.58. The molecule has 1 unspecified atom stereocenters. The zero-order valence-electron chi connectivity index (χ0n) is 26.2. The summed E-state index contributed by atoms with van der Waals surface area (Å²) >= 11 is 14.2. The van der Waals surface area contributed by atoms with Gasteiger partial charge in [0.15, 0.2) is 0 Å². The van der Waals surface area contributed by atoms with Crippen LogP contribution in [0.15, 0.2) is 65.7 Å². The zero-order valence-corrected chi connectivity index (χ0v) is 27.7. The maximum atomic E-state index is 12.9. The van der Waals surface area contributed by atoms with Crippen LogP contribution >= 0.6 is 23.2 Å². The van der Waals surface area contributed by atoms with E-state index in [1.54, 1.807) is 32.6 Å². The van der Waals surface area contributed by atoms with Gasteiger partial charge in [0.1, 0.15) is 12.1 Å². The highest BCUT2D eigenvalue weighted by Gasteiger charge is 2.36. The van der Waals surface area contributed by atoms with Crippen LogP contribution in [0.5, 0.6) is 5.88 Å². The van der Waals surface area contributed by atoms with Crippen molar-refractivity contribution in [2.75, 3.05) is 25.5 Å². The Labute approximate surface area is 282 Å². The maximum absolute atomic E-state index is 12.9. The second-order valence-electron chi connectivity index (χ2n) is 12.2. The summed E-state index contributed by atoms with van der Waals surface area (Å²) in [5.41, 5.74) is 5.72. The van der Waals surface area contributed by atoms with Crippen LogP contribution in [-0.4, -0.2) is 51.1 Å². The highest BCUT2D eigenvalue weighted by molar-refractivity contribution is 6.39. The largest absolute Gasteiger partial charge is 0.481 e. The number of carbonyl (C=O) groups is 1. The second-order valence-corrected chi connectivity index (χ2v) is 12.9. The van der Waals surface area contributed by atoms with Crippen molar-refractivity contribution in [1.82, 2.24) is 24.6 Å². The number of nitrogens with zero attached hydrogens (tertiary/aromatic N) is 5. The van der Waals surface area contributed by atoms with Crippen molar-refractivity contribution in [2.45, 2.75) is 38.1 Å². The number of pyridine rings is 2. The van der Waals surface area contributed by atoms with Crippen molar-refractivity contribution in [1.29, 1.82) is 0 Å². The minimum Gasteiger partial charge on any atom is -0.481 e. The van der Waals surface area contributed by atoms with E-state index in [1.807, 2.05) is 36.4 Å². The molecule has 11 heteroatoms. The van der Waals surface area contributed by atoms with Gasteiger partial charge in [-0.05, 0) is 61.9 Å². The number of aldehydes is 1. The number of rotatable bonds is 9. The first-order valence-electron chi connectivity index (χ1n) is 15.8. The molecule has 0 bridgehead atoms. The Hall–Kier alpha value is -4.31. The van der Waals surface area contributed by atoms with Crippen LogP contribution in [0, 0.1) is 5.92 Å². The molecule has 0 amide bonds. The number of hydrogen-bond donors (Lipinski definition) is 1. The van der Waals surface area contributed by atoms with E-state index in [1.165, 1.54) is 10.2 Å². The van der Waals surface area contributed by atoms with Gasteiger partial charge in [0.25, 0.3) is 5.56 Å². The molecule has 1 fully saturated rings. The lowest BCUT2D eigenvalue weighted by Crippen LogP contribution is -2.25. The third kappa shape index (κ3) is 5.77. The highest BCUT2D eigenvalue weighted by atomic mass is 35.5. The first-order valence-corrected chi connectivity index (χ1v) is 16.5. The van der Waals surface area contributed by atoms with E-state index < -0.39 is 0 Å². The predicted molar refractivity (Wildman–Crippen MR) is 186 cm³/mol. The Balaban J connectivity index is 1.21. The van der Waals surface area contributed by atoms with Crippen molar-refractivity contribution >= 4 is 51.8 Å². The monoisotopic (exact) mass is 668 g/mol. The number of benzene rings is 2.